The maximum Gasteiger partial charge on any atom is 0.253 e. The Morgan fingerprint density at radius 2 is 1.89 bits per heavy atom. The van der Waals surface area contributed by atoms with Gasteiger partial charge < -0.3 is 15.4 Å². The molecule has 0 bridgehead atoms. The number of carbonyl (C=O) groups excluding carboxylic acids is 1. The van der Waals surface area contributed by atoms with Crippen molar-refractivity contribution in [1.82, 2.24) is 9.62 Å². The highest BCUT2D eigenvalue weighted by Gasteiger charge is 2.26. The lowest BCUT2D eigenvalue weighted by atomic mass is 9.90. The third-order valence-corrected chi connectivity index (χ3v) is 6.95. The van der Waals surface area contributed by atoms with Crippen molar-refractivity contribution in [2.45, 2.75) is 49.6 Å². The molecule has 2 unspecified atom stereocenters. The molecule has 0 spiro atoms. The van der Waals surface area contributed by atoms with Crippen molar-refractivity contribution < 1.29 is 17.9 Å². The molecule has 1 aromatic carbocycles. The molecule has 3 N–H and O–H groups in total. The monoisotopic (exact) mass is 431 g/mol. The van der Waals surface area contributed by atoms with Gasteiger partial charge >= 0.3 is 0 Å². The highest BCUT2D eigenvalue weighted by atomic mass is 35.5. The van der Waals surface area contributed by atoms with Gasteiger partial charge in [-0.05, 0) is 62.8 Å². The molecule has 2 atom stereocenters. The van der Waals surface area contributed by atoms with E-state index in [1.165, 1.54) is 12.1 Å². The number of rotatable bonds is 6. The molecule has 1 amide bonds. The van der Waals surface area contributed by atoms with Crippen molar-refractivity contribution in [3.8, 4) is 0 Å². The van der Waals surface area contributed by atoms with Gasteiger partial charge in [-0.3, -0.25) is 4.79 Å². The lowest BCUT2D eigenvalue weighted by molar-refractivity contribution is 0.0681. The second kappa shape index (κ2) is 10.0. The number of ether oxygens (including phenoxy) is 1. The van der Waals surface area contributed by atoms with E-state index in [2.05, 4.69) is 4.72 Å². The Morgan fingerprint density at radius 3 is 2.43 bits per heavy atom. The van der Waals surface area contributed by atoms with Gasteiger partial charge in [-0.2, -0.15) is 0 Å². The van der Waals surface area contributed by atoms with Crippen LogP contribution in [0, 0.1) is 5.92 Å². The first-order chi connectivity index (χ1) is 12.9. The van der Waals surface area contributed by atoms with Gasteiger partial charge in [0.25, 0.3) is 5.91 Å². The van der Waals surface area contributed by atoms with Gasteiger partial charge in [0.05, 0.1) is 11.0 Å². The van der Waals surface area contributed by atoms with Crippen molar-refractivity contribution in [2.75, 3.05) is 26.2 Å². The topological polar surface area (TPSA) is 102 Å². The highest BCUT2D eigenvalue weighted by molar-refractivity contribution is 7.89. The Kier molecular flexibility index (Phi) is 8.27. The molecule has 2 fully saturated rings. The van der Waals surface area contributed by atoms with Crippen LogP contribution in [0.15, 0.2) is 29.2 Å². The standard InChI is InChI=1S/C19H29N3O4S.ClH/c1-14(20)15-8-10-22(11-9-15)19(23)16-4-6-18(7-5-16)27(24,25)21-13-17-3-2-12-26-17;/h4-7,14-15,17,21H,2-3,8-13,20H2,1H3;1H. The third-order valence-electron chi connectivity index (χ3n) is 5.51. The molecule has 158 valence electrons. The van der Waals surface area contributed by atoms with Crippen molar-refractivity contribution in [2.24, 2.45) is 11.7 Å². The van der Waals surface area contributed by atoms with E-state index in [4.69, 9.17) is 10.5 Å². The maximum atomic E-state index is 12.6. The number of benzene rings is 1. The van der Waals surface area contributed by atoms with E-state index in [9.17, 15) is 13.2 Å². The van der Waals surface area contributed by atoms with E-state index < -0.39 is 10.0 Å². The Hall–Kier alpha value is -1.19. The molecule has 9 heteroatoms. The van der Waals surface area contributed by atoms with Crippen LogP contribution in [0.5, 0.6) is 0 Å². The van der Waals surface area contributed by atoms with Gasteiger partial charge in [0, 0.05) is 37.8 Å². The summed E-state index contributed by atoms with van der Waals surface area (Å²) in [4.78, 5) is 14.6. The zero-order chi connectivity index (χ0) is 19.4. The SMILES string of the molecule is CC(N)C1CCN(C(=O)c2ccc(S(=O)(=O)NCC3CCCO3)cc2)CC1.Cl. The number of nitrogens with one attached hydrogen (secondary N) is 1. The molecule has 3 rings (SSSR count). The number of carbonyl (C=O) groups is 1. The molecule has 28 heavy (non-hydrogen) atoms. The molecule has 2 saturated heterocycles. The van der Waals surface area contributed by atoms with E-state index in [-0.39, 0.29) is 41.9 Å². The first-order valence-corrected chi connectivity index (χ1v) is 11.1. The molecule has 0 saturated carbocycles. The van der Waals surface area contributed by atoms with E-state index in [1.807, 2.05) is 11.8 Å². The molecule has 0 aromatic heterocycles. The first kappa shape index (κ1) is 23.1. The molecular formula is C19H30ClN3O4S. The molecule has 1 aromatic rings. The van der Waals surface area contributed by atoms with E-state index >= 15 is 0 Å². The third kappa shape index (κ3) is 5.67. The summed E-state index contributed by atoms with van der Waals surface area (Å²) in [6.45, 7) is 4.35. The van der Waals surface area contributed by atoms with E-state index in [0.717, 1.165) is 25.7 Å². The predicted octanol–water partition coefficient (Wildman–Crippen LogP) is 1.77. The summed E-state index contributed by atoms with van der Waals surface area (Å²) >= 11 is 0. The number of likely N-dealkylation sites (tertiary alicyclic amines) is 1. The van der Waals surface area contributed by atoms with Gasteiger partial charge in [-0.15, -0.1) is 12.4 Å². The molecular weight excluding hydrogens is 402 g/mol. The minimum Gasteiger partial charge on any atom is -0.377 e. The number of sulfonamides is 1. The zero-order valence-corrected chi connectivity index (χ0v) is 17.8. The number of halogens is 1. The van der Waals surface area contributed by atoms with Crippen molar-refractivity contribution >= 4 is 28.3 Å². The normalized spacial score (nSPS) is 21.9. The Morgan fingerprint density at radius 1 is 1.25 bits per heavy atom. The Bertz CT molecular complexity index is 741. The van der Waals surface area contributed by atoms with Crippen LogP contribution in [0.2, 0.25) is 0 Å². The summed E-state index contributed by atoms with van der Waals surface area (Å²) in [6, 6.07) is 6.29. The van der Waals surface area contributed by atoms with Gasteiger partial charge in [0.15, 0.2) is 0 Å². The second-order valence-electron chi connectivity index (χ2n) is 7.50. The van der Waals surface area contributed by atoms with Crippen molar-refractivity contribution in [3.05, 3.63) is 29.8 Å². The molecule has 0 aliphatic carbocycles. The summed E-state index contributed by atoms with van der Waals surface area (Å²) in [5.74, 6) is 0.394. The van der Waals surface area contributed by atoms with Crippen molar-refractivity contribution in [3.63, 3.8) is 0 Å². The van der Waals surface area contributed by atoms with Gasteiger partial charge in [0.2, 0.25) is 10.0 Å². The van der Waals surface area contributed by atoms with E-state index in [0.29, 0.717) is 31.2 Å². The van der Waals surface area contributed by atoms with Crippen LogP contribution in [-0.4, -0.2) is 57.6 Å². The van der Waals surface area contributed by atoms with Crippen LogP contribution in [0.3, 0.4) is 0 Å². The summed E-state index contributed by atoms with van der Waals surface area (Å²) in [7, 11) is -3.60. The Balaban J connectivity index is 0.00000280. The van der Waals surface area contributed by atoms with Gasteiger partial charge in [-0.1, -0.05) is 0 Å². The number of hydrogen-bond donors (Lipinski definition) is 2. The van der Waals surface area contributed by atoms with Crippen LogP contribution >= 0.6 is 12.4 Å². The van der Waals surface area contributed by atoms with E-state index in [1.54, 1.807) is 12.1 Å². The quantitative estimate of drug-likeness (QED) is 0.714. The fraction of sp³-hybridized carbons (Fsp3) is 0.632. The van der Waals surface area contributed by atoms with Crippen LogP contribution in [0.4, 0.5) is 0 Å². The zero-order valence-electron chi connectivity index (χ0n) is 16.2. The molecule has 7 nitrogen and oxygen atoms in total. The second-order valence-corrected chi connectivity index (χ2v) is 9.27. The summed E-state index contributed by atoms with van der Waals surface area (Å²) in [6.07, 6.45) is 3.59. The number of amides is 1. The lowest BCUT2D eigenvalue weighted by Gasteiger charge is -2.33. The molecule has 2 aliphatic heterocycles. The maximum absolute atomic E-state index is 12.6. The number of nitrogens with zero attached hydrogens (tertiary/aromatic N) is 1. The van der Waals surface area contributed by atoms with Crippen LogP contribution in [-0.2, 0) is 14.8 Å². The van der Waals surface area contributed by atoms with Crippen LogP contribution in [0.1, 0.15) is 43.0 Å². The fourth-order valence-corrected chi connectivity index (χ4v) is 4.75. The smallest absolute Gasteiger partial charge is 0.253 e. The Labute approximate surface area is 173 Å². The first-order valence-electron chi connectivity index (χ1n) is 9.63. The molecule has 0 radical (unpaired) electrons. The summed E-state index contributed by atoms with van der Waals surface area (Å²) in [5, 5.41) is 0. The summed E-state index contributed by atoms with van der Waals surface area (Å²) in [5.41, 5.74) is 6.45. The lowest BCUT2D eigenvalue weighted by Crippen LogP contribution is -2.42. The summed E-state index contributed by atoms with van der Waals surface area (Å²) < 4.78 is 32.8. The minimum absolute atomic E-state index is 0. The van der Waals surface area contributed by atoms with Crippen LogP contribution in [0.25, 0.3) is 0 Å². The largest absolute Gasteiger partial charge is 0.377 e. The fourth-order valence-electron chi connectivity index (χ4n) is 3.68. The molecule has 2 heterocycles. The number of hydrogen-bond acceptors (Lipinski definition) is 5. The highest BCUT2D eigenvalue weighted by Crippen LogP contribution is 2.21. The number of piperidine rings is 1. The molecule has 2 aliphatic rings. The number of nitrogens with two attached hydrogens (primary N) is 1. The van der Waals surface area contributed by atoms with Crippen molar-refractivity contribution in [1.29, 1.82) is 0 Å². The average Bonchev–Trinajstić information content (AvgIpc) is 3.20. The van der Waals surface area contributed by atoms with Gasteiger partial charge in [0.1, 0.15) is 0 Å². The van der Waals surface area contributed by atoms with Crippen LogP contribution < -0.4 is 10.5 Å². The predicted molar refractivity (Wildman–Crippen MR) is 110 cm³/mol. The average molecular weight is 432 g/mol. The van der Waals surface area contributed by atoms with Gasteiger partial charge in [-0.25, -0.2) is 13.1 Å². The minimum atomic E-state index is -3.60.